The number of alkyl halides is 1. The summed E-state index contributed by atoms with van der Waals surface area (Å²) in [7, 11) is 1.86. The number of halogens is 1. The molecule has 136 valence electrons. The monoisotopic (exact) mass is 426 g/mol. The van der Waals surface area contributed by atoms with Crippen LogP contribution in [0.5, 0.6) is 0 Å². The van der Waals surface area contributed by atoms with E-state index < -0.39 is 0 Å². The van der Waals surface area contributed by atoms with Gasteiger partial charge >= 0.3 is 0 Å². The van der Waals surface area contributed by atoms with Crippen LogP contribution in [0, 0.1) is 0 Å². The second-order valence-electron chi connectivity index (χ2n) is 6.07. The fourth-order valence-electron chi connectivity index (χ4n) is 2.84. The minimum atomic E-state index is -0.344. The lowest BCUT2D eigenvalue weighted by atomic mass is 10.0. The molecule has 5 nitrogen and oxygen atoms in total. The Morgan fingerprint density at radius 1 is 1.36 bits per heavy atom. The van der Waals surface area contributed by atoms with Gasteiger partial charge in [-0.15, -0.1) is 11.8 Å². The second-order valence-corrected chi connectivity index (χ2v) is 8.00. The average molecular weight is 427 g/mol. The zero-order chi connectivity index (χ0) is 18.2. The summed E-state index contributed by atoms with van der Waals surface area (Å²) >= 11 is 5.18. The van der Waals surface area contributed by atoms with E-state index in [2.05, 4.69) is 21.2 Å². The number of unbranched alkanes of at least 4 members (excludes halogenated alkanes) is 1. The van der Waals surface area contributed by atoms with Gasteiger partial charge in [-0.05, 0) is 43.7 Å². The maximum absolute atomic E-state index is 12.1. The minimum absolute atomic E-state index is 0.217. The smallest absolute Gasteiger partial charge is 0.243 e. The first-order chi connectivity index (χ1) is 12.1. The summed E-state index contributed by atoms with van der Waals surface area (Å²) < 4.78 is 0. The van der Waals surface area contributed by atoms with Gasteiger partial charge in [0, 0.05) is 28.8 Å². The fraction of sp³-hybridized carbons (Fsp3) is 0.500. The first-order valence-electron chi connectivity index (χ1n) is 8.36. The van der Waals surface area contributed by atoms with E-state index >= 15 is 0 Å². The molecule has 0 bridgehead atoms. The van der Waals surface area contributed by atoms with Crippen LogP contribution in [-0.4, -0.2) is 47.2 Å². The van der Waals surface area contributed by atoms with Crippen molar-refractivity contribution >= 4 is 45.8 Å². The first-order valence-corrected chi connectivity index (χ1v) is 10.5. The predicted octanol–water partition coefficient (Wildman–Crippen LogP) is 3.00. The SMILES string of the molecule is CN(Cc1c(C=O)cccc1SCCCCBr)C1CCC(=O)NC1=O. The van der Waals surface area contributed by atoms with Crippen molar-refractivity contribution in [2.45, 2.75) is 43.2 Å². The van der Waals surface area contributed by atoms with Gasteiger partial charge in [0.05, 0.1) is 6.04 Å². The van der Waals surface area contributed by atoms with E-state index in [1.54, 1.807) is 11.8 Å². The zero-order valence-electron chi connectivity index (χ0n) is 14.3. The van der Waals surface area contributed by atoms with Crippen molar-refractivity contribution in [3.05, 3.63) is 29.3 Å². The Balaban J connectivity index is 2.11. The van der Waals surface area contributed by atoms with Gasteiger partial charge in [-0.25, -0.2) is 0 Å². The van der Waals surface area contributed by atoms with Crippen molar-refractivity contribution in [1.82, 2.24) is 10.2 Å². The lowest BCUT2D eigenvalue weighted by Gasteiger charge is -2.30. The van der Waals surface area contributed by atoms with E-state index in [1.807, 2.05) is 30.1 Å². The van der Waals surface area contributed by atoms with Crippen molar-refractivity contribution in [3.8, 4) is 0 Å². The van der Waals surface area contributed by atoms with Crippen molar-refractivity contribution in [3.63, 3.8) is 0 Å². The lowest BCUT2D eigenvalue weighted by Crippen LogP contribution is -2.51. The van der Waals surface area contributed by atoms with Crippen LogP contribution in [0.1, 0.15) is 41.6 Å². The molecule has 0 aromatic heterocycles. The number of benzene rings is 1. The highest BCUT2D eigenvalue weighted by Gasteiger charge is 2.30. The molecule has 1 aromatic carbocycles. The molecule has 1 aliphatic heterocycles. The van der Waals surface area contributed by atoms with Crippen molar-refractivity contribution in [2.24, 2.45) is 0 Å². The molecule has 1 N–H and O–H groups in total. The summed E-state index contributed by atoms with van der Waals surface area (Å²) in [5, 5.41) is 3.38. The molecule has 7 heteroatoms. The third-order valence-electron chi connectivity index (χ3n) is 4.23. The Morgan fingerprint density at radius 2 is 2.16 bits per heavy atom. The van der Waals surface area contributed by atoms with E-state index in [0.717, 1.165) is 40.7 Å². The molecular weight excluding hydrogens is 404 g/mol. The summed E-state index contributed by atoms with van der Waals surface area (Å²) in [6.45, 7) is 0.502. The van der Waals surface area contributed by atoms with Crippen molar-refractivity contribution < 1.29 is 14.4 Å². The molecule has 1 saturated heterocycles. The molecule has 1 heterocycles. The summed E-state index contributed by atoms with van der Waals surface area (Å²) in [4.78, 5) is 37.9. The van der Waals surface area contributed by atoms with Crippen LogP contribution < -0.4 is 5.32 Å². The van der Waals surface area contributed by atoms with Gasteiger partial charge in [-0.3, -0.25) is 24.6 Å². The third-order valence-corrected chi connectivity index (χ3v) is 5.98. The number of carbonyl (C=O) groups is 3. The molecule has 0 spiro atoms. The number of aldehydes is 1. The Kier molecular flexibility index (Phi) is 8.12. The number of thioether (sulfide) groups is 1. The molecule has 25 heavy (non-hydrogen) atoms. The first kappa shape index (κ1) is 20.1. The maximum atomic E-state index is 12.1. The highest BCUT2D eigenvalue weighted by Crippen LogP contribution is 2.28. The Morgan fingerprint density at radius 3 is 2.84 bits per heavy atom. The number of imide groups is 1. The molecule has 1 aromatic rings. The largest absolute Gasteiger partial charge is 0.298 e. The molecular formula is C18H23BrN2O3S. The Bertz CT molecular complexity index is 639. The number of hydrogen-bond donors (Lipinski definition) is 1. The molecule has 1 unspecified atom stereocenters. The zero-order valence-corrected chi connectivity index (χ0v) is 16.7. The lowest BCUT2D eigenvalue weighted by molar-refractivity contribution is -0.137. The number of carbonyl (C=O) groups excluding carboxylic acids is 3. The molecule has 1 fully saturated rings. The van der Waals surface area contributed by atoms with Crippen LogP contribution in [0.3, 0.4) is 0 Å². The van der Waals surface area contributed by atoms with Crippen LogP contribution in [0.25, 0.3) is 0 Å². The topological polar surface area (TPSA) is 66.5 Å². The molecule has 2 rings (SSSR count). The number of likely N-dealkylation sites (N-methyl/N-ethyl adjacent to an activating group) is 1. The second kappa shape index (κ2) is 10.1. The van der Waals surface area contributed by atoms with E-state index in [9.17, 15) is 14.4 Å². The van der Waals surface area contributed by atoms with Crippen LogP contribution in [0.4, 0.5) is 0 Å². The molecule has 2 amide bonds. The van der Waals surface area contributed by atoms with Crippen LogP contribution in [0.15, 0.2) is 23.1 Å². The number of hydrogen-bond acceptors (Lipinski definition) is 5. The van der Waals surface area contributed by atoms with Crippen molar-refractivity contribution in [1.29, 1.82) is 0 Å². The van der Waals surface area contributed by atoms with Gasteiger partial charge < -0.3 is 0 Å². The minimum Gasteiger partial charge on any atom is -0.298 e. The number of nitrogens with one attached hydrogen (secondary N) is 1. The molecule has 0 aliphatic carbocycles. The standard InChI is InChI=1S/C18H23BrN2O3S/c1-21(15-7-8-17(23)20-18(15)24)11-14-13(12-22)5-4-6-16(14)25-10-3-2-9-19/h4-6,12,15H,2-3,7-11H2,1H3,(H,20,23,24). The predicted molar refractivity (Wildman–Crippen MR) is 103 cm³/mol. The van der Waals surface area contributed by atoms with Crippen LogP contribution in [0.2, 0.25) is 0 Å². The summed E-state index contributed by atoms with van der Waals surface area (Å²) in [6, 6.07) is 5.39. The third kappa shape index (κ3) is 5.66. The van der Waals surface area contributed by atoms with E-state index in [4.69, 9.17) is 0 Å². The average Bonchev–Trinajstić information content (AvgIpc) is 2.59. The van der Waals surface area contributed by atoms with E-state index in [1.165, 1.54) is 0 Å². The van der Waals surface area contributed by atoms with Gasteiger partial charge in [0.15, 0.2) is 0 Å². The maximum Gasteiger partial charge on any atom is 0.243 e. The Labute approximate surface area is 161 Å². The summed E-state index contributed by atoms with van der Waals surface area (Å²) in [5.74, 6) is 0.517. The van der Waals surface area contributed by atoms with Crippen LogP contribution >= 0.6 is 27.7 Å². The van der Waals surface area contributed by atoms with E-state index in [-0.39, 0.29) is 17.9 Å². The van der Waals surface area contributed by atoms with Gasteiger partial charge in [0.2, 0.25) is 11.8 Å². The molecule has 0 saturated carbocycles. The molecule has 1 atom stereocenters. The van der Waals surface area contributed by atoms with Crippen LogP contribution in [-0.2, 0) is 16.1 Å². The summed E-state index contributed by atoms with van der Waals surface area (Å²) in [6.07, 6.45) is 3.95. The highest BCUT2D eigenvalue weighted by atomic mass is 79.9. The van der Waals surface area contributed by atoms with Gasteiger partial charge in [-0.1, -0.05) is 28.1 Å². The molecule has 0 radical (unpaired) electrons. The van der Waals surface area contributed by atoms with Crippen molar-refractivity contribution in [2.75, 3.05) is 18.1 Å². The van der Waals surface area contributed by atoms with Gasteiger partial charge in [0.25, 0.3) is 0 Å². The number of rotatable bonds is 9. The highest BCUT2D eigenvalue weighted by molar-refractivity contribution is 9.09. The number of nitrogens with zero attached hydrogens (tertiary/aromatic N) is 1. The van der Waals surface area contributed by atoms with E-state index in [0.29, 0.717) is 24.9 Å². The normalized spacial score (nSPS) is 17.6. The fourth-order valence-corrected chi connectivity index (χ4v) is 4.33. The van der Waals surface area contributed by atoms with Gasteiger partial charge in [0.1, 0.15) is 6.29 Å². The van der Waals surface area contributed by atoms with Gasteiger partial charge in [-0.2, -0.15) is 0 Å². The Hall–Kier alpha value is -1.18. The number of piperidine rings is 1. The number of amides is 2. The quantitative estimate of drug-likeness (QED) is 0.216. The molecule has 1 aliphatic rings. The summed E-state index contributed by atoms with van der Waals surface area (Å²) in [5.41, 5.74) is 1.61.